The lowest BCUT2D eigenvalue weighted by Gasteiger charge is -1.99. The lowest BCUT2D eigenvalue weighted by molar-refractivity contribution is 0.104. The van der Waals surface area contributed by atoms with Gasteiger partial charge in [-0.2, -0.15) is 0 Å². The van der Waals surface area contributed by atoms with Crippen molar-refractivity contribution in [3.05, 3.63) is 71.6 Å². The second kappa shape index (κ2) is 5.21. The fraction of sp³-hybridized carbons (Fsp3) is 0.0667. The molecular formula is C15H13NO. The average Bonchev–Trinajstić information content (AvgIpc) is 2.38. The highest BCUT2D eigenvalue weighted by atomic mass is 16.1. The van der Waals surface area contributed by atoms with Gasteiger partial charge in [0.1, 0.15) is 0 Å². The maximum atomic E-state index is 11.9. The molecule has 0 amide bonds. The quantitative estimate of drug-likeness (QED) is 0.590. The summed E-state index contributed by atoms with van der Waals surface area (Å²) in [5.74, 6) is 0.00810. The summed E-state index contributed by atoms with van der Waals surface area (Å²) in [6, 6.07) is 13.2. The lowest BCUT2D eigenvalue weighted by Crippen LogP contribution is -1.97. The fourth-order valence-electron chi connectivity index (χ4n) is 1.57. The van der Waals surface area contributed by atoms with Crippen LogP contribution < -0.4 is 0 Å². The predicted molar refractivity (Wildman–Crippen MR) is 68.8 cm³/mol. The van der Waals surface area contributed by atoms with Crippen LogP contribution in [0.4, 0.5) is 0 Å². The molecule has 2 heteroatoms. The third-order valence-electron chi connectivity index (χ3n) is 2.50. The van der Waals surface area contributed by atoms with Crippen LogP contribution in [0.1, 0.15) is 21.6 Å². The van der Waals surface area contributed by atoms with Crippen molar-refractivity contribution in [2.75, 3.05) is 0 Å². The number of carbonyl (C=O) groups is 1. The molecule has 0 aliphatic carbocycles. The minimum atomic E-state index is 0.00810. The molecule has 17 heavy (non-hydrogen) atoms. The van der Waals surface area contributed by atoms with Gasteiger partial charge in [-0.15, -0.1) is 0 Å². The molecule has 0 N–H and O–H groups in total. The Balaban J connectivity index is 2.18. The van der Waals surface area contributed by atoms with E-state index in [9.17, 15) is 4.79 Å². The molecular weight excluding hydrogens is 210 g/mol. The summed E-state index contributed by atoms with van der Waals surface area (Å²) in [6.45, 7) is 1.93. The molecule has 0 radical (unpaired) electrons. The van der Waals surface area contributed by atoms with E-state index >= 15 is 0 Å². The Morgan fingerprint density at radius 3 is 2.59 bits per heavy atom. The largest absolute Gasteiger partial charge is 0.289 e. The fourth-order valence-corrected chi connectivity index (χ4v) is 1.57. The van der Waals surface area contributed by atoms with Crippen LogP contribution in [0.2, 0.25) is 0 Å². The normalized spacial score (nSPS) is 10.6. The number of hydrogen-bond acceptors (Lipinski definition) is 2. The number of nitrogens with zero attached hydrogens (tertiary/aromatic N) is 1. The summed E-state index contributed by atoms with van der Waals surface area (Å²) < 4.78 is 0. The van der Waals surface area contributed by atoms with Crippen molar-refractivity contribution in [1.82, 2.24) is 4.98 Å². The van der Waals surface area contributed by atoms with Gasteiger partial charge in [0, 0.05) is 11.8 Å². The van der Waals surface area contributed by atoms with E-state index in [1.807, 2.05) is 49.4 Å². The van der Waals surface area contributed by atoms with E-state index in [1.165, 1.54) is 0 Å². The number of carbonyl (C=O) groups excluding carboxylic acids is 1. The molecule has 84 valence electrons. The summed E-state index contributed by atoms with van der Waals surface area (Å²) >= 11 is 0. The first kappa shape index (κ1) is 11.3. The molecule has 0 bridgehead atoms. The monoisotopic (exact) mass is 223 g/mol. The third kappa shape index (κ3) is 2.88. The number of benzene rings is 1. The summed E-state index contributed by atoms with van der Waals surface area (Å²) in [4.78, 5) is 16.1. The van der Waals surface area contributed by atoms with Gasteiger partial charge in [-0.25, -0.2) is 0 Å². The van der Waals surface area contributed by atoms with E-state index in [1.54, 1.807) is 18.3 Å². The van der Waals surface area contributed by atoms with Gasteiger partial charge in [0.05, 0.1) is 5.69 Å². The number of aryl methyl sites for hydroxylation is 1. The Labute approximate surface area is 101 Å². The van der Waals surface area contributed by atoms with Crippen molar-refractivity contribution in [2.45, 2.75) is 6.92 Å². The molecule has 0 atom stereocenters. The van der Waals surface area contributed by atoms with Gasteiger partial charge in [-0.05, 0) is 36.8 Å². The van der Waals surface area contributed by atoms with Gasteiger partial charge >= 0.3 is 0 Å². The van der Waals surface area contributed by atoms with Crippen molar-refractivity contribution in [3.8, 4) is 0 Å². The minimum Gasteiger partial charge on any atom is -0.289 e. The van der Waals surface area contributed by atoms with Crippen LogP contribution in [-0.4, -0.2) is 10.8 Å². The first-order valence-corrected chi connectivity index (χ1v) is 5.46. The molecule has 0 aliphatic rings. The SMILES string of the molecule is Cc1ccccc1C(=O)/C=C/c1ccccn1. The van der Waals surface area contributed by atoms with Crippen molar-refractivity contribution < 1.29 is 4.79 Å². The van der Waals surface area contributed by atoms with Crippen molar-refractivity contribution in [1.29, 1.82) is 0 Å². The second-order valence-electron chi connectivity index (χ2n) is 3.77. The number of ketones is 1. The Kier molecular flexibility index (Phi) is 3.46. The van der Waals surface area contributed by atoms with Gasteiger partial charge in [0.15, 0.2) is 5.78 Å². The van der Waals surface area contributed by atoms with E-state index in [-0.39, 0.29) is 5.78 Å². The van der Waals surface area contributed by atoms with Crippen molar-refractivity contribution in [3.63, 3.8) is 0 Å². The molecule has 0 spiro atoms. The maximum absolute atomic E-state index is 11.9. The summed E-state index contributed by atoms with van der Waals surface area (Å²) in [5, 5.41) is 0. The molecule has 0 saturated heterocycles. The first-order valence-electron chi connectivity index (χ1n) is 5.46. The van der Waals surface area contributed by atoms with Crippen LogP contribution in [-0.2, 0) is 0 Å². The molecule has 0 saturated carbocycles. The third-order valence-corrected chi connectivity index (χ3v) is 2.50. The topological polar surface area (TPSA) is 30.0 Å². The zero-order valence-corrected chi connectivity index (χ0v) is 9.63. The van der Waals surface area contributed by atoms with Crippen LogP contribution in [0.3, 0.4) is 0 Å². The lowest BCUT2D eigenvalue weighted by atomic mass is 10.0. The highest BCUT2D eigenvalue weighted by Crippen LogP contribution is 2.09. The summed E-state index contributed by atoms with van der Waals surface area (Å²) in [6.07, 6.45) is 5.00. The smallest absolute Gasteiger partial charge is 0.186 e. The molecule has 0 fully saturated rings. The van der Waals surface area contributed by atoms with Crippen LogP contribution in [0, 0.1) is 6.92 Å². The van der Waals surface area contributed by atoms with Gasteiger partial charge in [0.2, 0.25) is 0 Å². The summed E-state index contributed by atoms with van der Waals surface area (Å²) in [5.41, 5.74) is 2.51. The number of allylic oxidation sites excluding steroid dienone is 1. The zero-order valence-electron chi connectivity index (χ0n) is 9.63. The first-order chi connectivity index (χ1) is 8.27. The number of rotatable bonds is 3. The van der Waals surface area contributed by atoms with E-state index < -0.39 is 0 Å². The Bertz CT molecular complexity index is 544. The molecule has 1 aromatic heterocycles. The average molecular weight is 223 g/mol. The van der Waals surface area contributed by atoms with Gasteiger partial charge in [-0.1, -0.05) is 30.3 Å². The van der Waals surface area contributed by atoms with Crippen LogP contribution >= 0.6 is 0 Å². The maximum Gasteiger partial charge on any atom is 0.186 e. The van der Waals surface area contributed by atoms with Crippen molar-refractivity contribution in [2.24, 2.45) is 0 Å². The van der Waals surface area contributed by atoms with Crippen LogP contribution in [0.25, 0.3) is 6.08 Å². The van der Waals surface area contributed by atoms with Gasteiger partial charge in [0.25, 0.3) is 0 Å². The molecule has 0 unspecified atom stereocenters. The molecule has 0 aliphatic heterocycles. The van der Waals surface area contributed by atoms with Gasteiger partial charge in [-0.3, -0.25) is 9.78 Å². The Morgan fingerprint density at radius 2 is 1.88 bits per heavy atom. The Hall–Kier alpha value is -2.22. The predicted octanol–water partition coefficient (Wildman–Crippen LogP) is 3.29. The molecule has 2 aromatic rings. The second-order valence-corrected chi connectivity index (χ2v) is 3.77. The van der Waals surface area contributed by atoms with E-state index in [2.05, 4.69) is 4.98 Å². The molecule has 2 nitrogen and oxygen atoms in total. The Morgan fingerprint density at radius 1 is 1.12 bits per heavy atom. The molecule has 1 heterocycles. The minimum absolute atomic E-state index is 0.00810. The molecule has 1 aromatic carbocycles. The summed E-state index contributed by atoms with van der Waals surface area (Å²) in [7, 11) is 0. The number of pyridine rings is 1. The van der Waals surface area contributed by atoms with Crippen LogP contribution in [0.15, 0.2) is 54.7 Å². The van der Waals surface area contributed by atoms with Gasteiger partial charge < -0.3 is 0 Å². The highest BCUT2D eigenvalue weighted by molar-refractivity contribution is 6.07. The van der Waals surface area contributed by atoms with Crippen LogP contribution in [0.5, 0.6) is 0 Å². The van der Waals surface area contributed by atoms with E-state index in [0.29, 0.717) is 0 Å². The zero-order chi connectivity index (χ0) is 12.1. The van der Waals surface area contributed by atoms with Crippen molar-refractivity contribution >= 4 is 11.9 Å². The standard InChI is InChI=1S/C15H13NO/c1-12-6-2-3-8-14(12)15(17)10-9-13-7-4-5-11-16-13/h2-11H,1H3/b10-9+. The number of hydrogen-bond donors (Lipinski definition) is 0. The number of aromatic nitrogens is 1. The van der Waals surface area contributed by atoms with E-state index in [4.69, 9.17) is 0 Å². The molecule has 2 rings (SSSR count). The van der Waals surface area contributed by atoms with E-state index in [0.717, 1.165) is 16.8 Å². The highest BCUT2D eigenvalue weighted by Gasteiger charge is 2.03.